The average molecular weight is 408 g/mol. The van der Waals surface area contributed by atoms with Gasteiger partial charge in [-0.1, -0.05) is 0 Å². The zero-order chi connectivity index (χ0) is 21.1. The van der Waals surface area contributed by atoms with Crippen molar-refractivity contribution in [2.24, 2.45) is 0 Å². The van der Waals surface area contributed by atoms with E-state index in [1.165, 1.54) is 10.9 Å². The zero-order valence-corrected chi connectivity index (χ0v) is 17.1. The van der Waals surface area contributed by atoms with Crippen molar-refractivity contribution in [2.45, 2.75) is 33.1 Å². The molecule has 1 aliphatic rings. The Morgan fingerprint density at radius 3 is 2.87 bits per heavy atom. The van der Waals surface area contributed by atoms with Gasteiger partial charge < -0.3 is 14.6 Å². The first-order valence-electron chi connectivity index (χ1n) is 10.0. The van der Waals surface area contributed by atoms with Crippen LogP contribution in [0.2, 0.25) is 0 Å². The third-order valence-electron chi connectivity index (χ3n) is 5.14. The van der Waals surface area contributed by atoms with Crippen LogP contribution in [-0.4, -0.2) is 56.1 Å². The molecule has 0 aromatic carbocycles. The van der Waals surface area contributed by atoms with Gasteiger partial charge in [-0.15, -0.1) is 0 Å². The highest BCUT2D eigenvalue weighted by molar-refractivity contribution is 5.95. The summed E-state index contributed by atoms with van der Waals surface area (Å²) in [6.07, 6.45) is 5.43. The lowest BCUT2D eigenvalue weighted by Crippen LogP contribution is -2.30. The Morgan fingerprint density at radius 1 is 1.27 bits per heavy atom. The van der Waals surface area contributed by atoms with Crippen LogP contribution in [-0.2, 0) is 4.79 Å². The fourth-order valence-corrected chi connectivity index (χ4v) is 3.50. The molecule has 3 aromatic heterocycles. The second-order valence-corrected chi connectivity index (χ2v) is 7.30. The van der Waals surface area contributed by atoms with Crippen molar-refractivity contribution < 1.29 is 14.0 Å². The van der Waals surface area contributed by atoms with Gasteiger partial charge in [0.2, 0.25) is 5.91 Å². The van der Waals surface area contributed by atoms with Crippen molar-refractivity contribution in [1.29, 1.82) is 0 Å². The Morgan fingerprint density at radius 2 is 2.13 bits per heavy atom. The number of aryl methyl sites for hydroxylation is 1. The summed E-state index contributed by atoms with van der Waals surface area (Å²) in [5.74, 6) is 1.81. The predicted octanol–water partition coefficient (Wildman–Crippen LogP) is 2.28. The van der Waals surface area contributed by atoms with E-state index in [1.807, 2.05) is 24.0 Å². The lowest BCUT2D eigenvalue weighted by Gasteiger charge is -2.15. The van der Waals surface area contributed by atoms with E-state index in [1.54, 1.807) is 19.2 Å². The number of amides is 2. The summed E-state index contributed by atoms with van der Waals surface area (Å²) in [5, 5.41) is 7.19. The number of likely N-dealkylation sites (tertiary alicyclic amines) is 1. The molecule has 4 heterocycles. The molecule has 9 heteroatoms. The molecule has 0 spiro atoms. The number of nitrogens with one attached hydrogen (secondary N) is 1. The molecule has 4 rings (SSSR count). The Kier molecular flexibility index (Phi) is 5.60. The normalized spacial score (nSPS) is 13.8. The molecule has 0 unspecified atom stereocenters. The summed E-state index contributed by atoms with van der Waals surface area (Å²) in [5.41, 5.74) is 1.76. The molecular formula is C21H24N6O3. The highest BCUT2D eigenvalue weighted by Gasteiger charge is 2.20. The first-order valence-corrected chi connectivity index (χ1v) is 10.0. The fourth-order valence-electron chi connectivity index (χ4n) is 3.50. The maximum Gasteiger partial charge on any atom is 0.254 e. The molecule has 30 heavy (non-hydrogen) atoms. The van der Waals surface area contributed by atoms with E-state index in [4.69, 9.17) is 4.42 Å². The van der Waals surface area contributed by atoms with E-state index < -0.39 is 0 Å². The van der Waals surface area contributed by atoms with E-state index in [-0.39, 0.29) is 11.8 Å². The second kappa shape index (κ2) is 8.48. The van der Waals surface area contributed by atoms with E-state index in [9.17, 15) is 9.59 Å². The first kappa shape index (κ1) is 19.8. The van der Waals surface area contributed by atoms with Gasteiger partial charge in [0.25, 0.3) is 11.9 Å². The number of nitrogens with zero attached hydrogens (tertiary/aromatic N) is 5. The third-order valence-corrected chi connectivity index (χ3v) is 5.14. The van der Waals surface area contributed by atoms with Crippen molar-refractivity contribution in [3.8, 4) is 17.4 Å². The standard InChI is InChI=1S/C21H24N6O3/c1-14-6-7-18(30-14)17-8-10-23-21(25-17)27-15(2)16(13-24-27)20(29)22-9-4-12-26-11-3-5-19(26)28/h6-8,10,13H,3-5,9,11-12H2,1-2H3,(H,22,29). The summed E-state index contributed by atoms with van der Waals surface area (Å²) < 4.78 is 7.16. The second-order valence-electron chi connectivity index (χ2n) is 7.30. The summed E-state index contributed by atoms with van der Waals surface area (Å²) in [4.78, 5) is 34.8. The van der Waals surface area contributed by atoms with Gasteiger partial charge in [-0.2, -0.15) is 5.10 Å². The van der Waals surface area contributed by atoms with Crippen molar-refractivity contribution in [1.82, 2.24) is 30.0 Å². The minimum absolute atomic E-state index is 0.199. The molecule has 0 radical (unpaired) electrons. The van der Waals surface area contributed by atoms with Crippen LogP contribution < -0.4 is 5.32 Å². The molecule has 1 N–H and O–H groups in total. The van der Waals surface area contributed by atoms with Crippen LogP contribution >= 0.6 is 0 Å². The summed E-state index contributed by atoms with van der Waals surface area (Å²) in [7, 11) is 0. The van der Waals surface area contributed by atoms with E-state index in [2.05, 4.69) is 20.4 Å². The van der Waals surface area contributed by atoms with Gasteiger partial charge >= 0.3 is 0 Å². The highest BCUT2D eigenvalue weighted by atomic mass is 16.3. The number of hydrogen-bond donors (Lipinski definition) is 1. The van der Waals surface area contributed by atoms with E-state index in [0.29, 0.717) is 48.2 Å². The molecule has 1 aliphatic heterocycles. The molecule has 0 saturated carbocycles. The average Bonchev–Trinajstić information content (AvgIpc) is 3.46. The SMILES string of the molecule is Cc1ccc(-c2ccnc(-n3ncc(C(=O)NCCCN4CCCC4=O)c3C)n2)o1. The molecule has 0 atom stereocenters. The quantitative estimate of drug-likeness (QED) is 0.601. The Hall–Kier alpha value is -3.49. The minimum Gasteiger partial charge on any atom is -0.460 e. The zero-order valence-electron chi connectivity index (χ0n) is 17.1. The molecule has 1 fully saturated rings. The molecule has 2 amide bonds. The summed E-state index contributed by atoms with van der Waals surface area (Å²) in [6.45, 7) is 5.66. The van der Waals surface area contributed by atoms with Crippen LogP contribution in [0.15, 0.2) is 35.0 Å². The van der Waals surface area contributed by atoms with Crippen LogP contribution in [0, 0.1) is 13.8 Å². The van der Waals surface area contributed by atoms with Crippen LogP contribution in [0.25, 0.3) is 17.4 Å². The lowest BCUT2D eigenvalue weighted by molar-refractivity contribution is -0.127. The third kappa shape index (κ3) is 4.10. The maximum atomic E-state index is 12.6. The monoisotopic (exact) mass is 408 g/mol. The van der Waals surface area contributed by atoms with Gasteiger partial charge in [0.05, 0.1) is 17.5 Å². The molecule has 3 aromatic rings. The predicted molar refractivity (Wildman–Crippen MR) is 109 cm³/mol. The van der Waals surface area contributed by atoms with Gasteiger partial charge in [0, 0.05) is 32.3 Å². The van der Waals surface area contributed by atoms with Crippen molar-refractivity contribution in [3.05, 3.63) is 47.6 Å². The van der Waals surface area contributed by atoms with Crippen molar-refractivity contribution in [3.63, 3.8) is 0 Å². The molecule has 156 valence electrons. The van der Waals surface area contributed by atoms with Crippen molar-refractivity contribution >= 4 is 11.8 Å². The Balaban J connectivity index is 1.41. The smallest absolute Gasteiger partial charge is 0.254 e. The Labute approximate surface area is 174 Å². The highest BCUT2D eigenvalue weighted by Crippen LogP contribution is 2.20. The number of furan rings is 1. The summed E-state index contributed by atoms with van der Waals surface area (Å²) in [6, 6.07) is 5.49. The molecule has 9 nitrogen and oxygen atoms in total. The minimum atomic E-state index is -0.204. The van der Waals surface area contributed by atoms with Crippen LogP contribution in [0.1, 0.15) is 41.1 Å². The van der Waals surface area contributed by atoms with Crippen molar-refractivity contribution in [2.75, 3.05) is 19.6 Å². The molecule has 0 aliphatic carbocycles. The Bertz CT molecular complexity index is 1070. The van der Waals surface area contributed by atoms with Crippen LogP contribution in [0.5, 0.6) is 0 Å². The number of hydrogen-bond acceptors (Lipinski definition) is 6. The lowest BCUT2D eigenvalue weighted by atomic mass is 10.2. The number of carbonyl (C=O) groups is 2. The number of carbonyl (C=O) groups excluding carboxylic acids is 2. The molecule has 1 saturated heterocycles. The molecular weight excluding hydrogens is 384 g/mol. The largest absolute Gasteiger partial charge is 0.460 e. The van der Waals surface area contributed by atoms with Gasteiger partial charge in [-0.05, 0) is 44.9 Å². The van der Waals surface area contributed by atoms with E-state index in [0.717, 1.165) is 25.1 Å². The van der Waals surface area contributed by atoms with Crippen LogP contribution in [0.3, 0.4) is 0 Å². The number of rotatable bonds is 7. The maximum absolute atomic E-state index is 12.6. The van der Waals surface area contributed by atoms with Gasteiger partial charge in [-0.25, -0.2) is 14.6 Å². The van der Waals surface area contributed by atoms with Gasteiger partial charge in [0.15, 0.2) is 5.76 Å². The topological polar surface area (TPSA) is 106 Å². The van der Waals surface area contributed by atoms with Crippen LogP contribution in [0.4, 0.5) is 0 Å². The van der Waals surface area contributed by atoms with Gasteiger partial charge in [-0.3, -0.25) is 9.59 Å². The van der Waals surface area contributed by atoms with E-state index >= 15 is 0 Å². The first-order chi connectivity index (χ1) is 14.5. The van der Waals surface area contributed by atoms with Gasteiger partial charge in [0.1, 0.15) is 11.5 Å². The number of aromatic nitrogens is 4. The fraction of sp³-hybridized carbons (Fsp3) is 0.381. The molecule has 0 bridgehead atoms. The summed E-state index contributed by atoms with van der Waals surface area (Å²) >= 11 is 0.